The molecule has 3 rings (SSSR count). The number of piperidine rings is 1. The van der Waals surface area contributed by atoms with Crippen molar-refractivity contribution in [3.8, 4) is 0 Å². The lowest BCUT2D eigenvalue weighted by Gasteiger charge is -2.35. The van der Waals surface area contributed by atoms with Gasteiger partial charge in [-0.1, -0.05) is 12.8 Å². The minimum Gasteiger partial charge on any atom is -0.342 e. The molecule has 0 radical (unpaired) electrons. The van der Waals surface area contributed by atoms with E-state index in [-0.39, 0.29) is 12.4 Å². The number of nitrogens with one attached hydrogen (secondary N) is 1. The van der Waals surface area contributed by atoms with Crippen molar-refractivity contribution in [2.75, 3.05) is 19.6 Å². The van der Waals surface area contributed by atoms with Crippen molar-refractivity contribution in [1.82, 2.24) is 10.2 Å². The van der Waals surface area contributed by atoms with E-state index in [2.05, 4.69) is 10.2 Å². The van der Waals surface area contributed by atoms with Crippen LogP contribution in [-0.4, -0.2) is 36.5 Å². The van der Waals surface area contributed by atoms with Gasteiger partial charge >= 0.3 is 0 Å². The van der Waals surface area contributed by atoms with Crippen molar-refractivity contribution in [2.24, 2.45) is 11.8 Å². The Hall–Kier alpha value is -0.280. The fourth-order valence-electron chi connectivity index (χ4n) is 3.86. The maximum absolute atomic E-state index is 12.2. The minimum absolute atomic E-state index is 0. The van der Waals surface area contributed by atoms with Gasteiger partial charge in [-0.25, -0.2) is 0 Å². The molecule has 3 nitrogen and oxygen atoms in total. The average Bonchev–Trinajstić information content (AvgIpc) is 2.97. The van der Waals surface area contributed by atoms with Gasteiger partial charge in [-0.3, -0.25) is 4.79 Å². The maximum Gasteiger partial charge on any atom is 0.222 e. The molecule has 104 valence electrons. The number of carbonyl (C=O) groups excluding carboxylic acids is 1. The van der Waals surface area contributed by atoms with E-state index in [0.717, 1.165) is 32.0 Å². The van der Waals surface area contributed by atoms with E-state index in [9.17, 15) is 4.79 Å². The molecular formula is C14H25ClN2O. The highest BCUT2D eigenvalue weighted by molar-refractivity contribution is 5.85. The van der Waals surface area contributed by atoms with Gasteiger partial charge in [0, 0.05) is 25.6 Å². The Labute approximate surface area is 116 Å². The monoisotopic (exact) mass is 272 g/mol. The molecule has 0 aromatic heterocycles. The largest absolute Gasteiger partial charge is 0.342 e. The zero-order chi connectivity index (χ0) is 11.7. The smallest absolute Gasteiger partial charge is 0.222 e. The minimum atomic E-state index is 0. The molecule has 1 N–H and O–H groups in total. The highest BCUT2D eigenvalue weighted by Gasteiger charge is 2.34. The molecule has 0 aromatic carbocycles. The predicted molar refractivity (Wildman–Crippen MR) is 74.9 cm³/mol. The molecule has 2 atom stereocenters. The first kappa shape index (κ1) is 14.1. The predicted octanol–water partition coefficient (Wildman–Crippen LogP) is 2.20. The molecule has 1 aliphatic carbocycles. The van der Waals surface area contributed by atoms with Gasteiger partial charge in [0.1, 0.15) is 0 Å². The van der Waals surface area contributed by atoms with Crippen LogP contribution in [0.4, 0.5) is 0 Å². The van der Waals surface area contributed by atoms with Gasteiger partial charge in [-0.05, 0) is 44.1 Å². The Morgan fingerprint density at radius 3 is 2.72 bits per heavy atom. The molecule has 0 aromatic rings. The third-order valence-electron chi connectivity index (χ3n) is 4.95. The molecule has 1 amide bonds. The van der Waals surface area contributed by atoms with Gasteiger partial charge in [0.2, 0.25) is 5.91 Å². The van der Waals surface area contributed by atoms with E-state index in [0.29, 0.717) is 17.9 Å². The van der Waals surface area contributed by atoms with E-state index in [1.807, 2.05) is 0 Å². The SMILES string of the molecule is Cl.O=C(CC1CCCC1)N1CCC2NCCC2C1. The van der Waals surface area contributed by atoms with Crippen LogP contribution in [0, 0.1) is 11.8 Å². The third-order valence-corrected chi connectivity index (χ3v) is 4.95. The zero-order valence-electron chi connectivity index (χ0n) is 11.1. The summed E-state index contributed by atoms with van der Waals surface area (Å²) in [6.07, 6.45) is 8.50. The van der Waals surface area contributed by atoms with Crippen LogP contribution in [-0.2, 0) is 4.79 Å². The maximum atomic E-state index is 12.2. The van der Waals surface area contributed by atoms with Crippen LogP contribution in [0.5, 0.6) is 0 Å². The van der Waals surface area contributed by atoms with Gasteiger partial charge in [0.25, 0.3) is 0 Å². The zero-order valence-corrected chi connectivity index (χ0v) is 11.9. The summed E-state index contributed by atoms with van der Waals surface area (Å²) in [5.41, 5.74) is 0. The third kappa shape index (κ3) is 3.00. The van der Waals surface area contributed by atoms with E-state index >= 15 is 0 Å². The van der Waals surface area contributed by atoms with Crippen molar-refractivity contribution in [3.63, 3.8) is 0 Å². The van der Waals surface area contributed by atoms with Crippen molar-refractivity contribution in [1.29, 1.82) is 0 Å². The summed E-state index contributed by atoms with van der Waals surface area (Å²) in [5.74, 6) is 1.86. The lowest BCUT2D eigenvalue weighted by molar-refractivity contribution is -0.134. The van der Waals surface area contributed by atoms with Crippen LogP contribution in [0.3, 0.4) is 0 Å². The number of nitrogens with zero attached hydrogens (tertiary/aromatic N) is 1. The molecule has 2 saturated heterocycles. The molecule has 2 heterocycles. The molecular weight excluding hydrogens is 248 g/mol. The Kier molecular flexibility index (Phi) is 4.91. The number of hydrogen-bond acceptors (Lipinski definition) is 2. The van der Waals surface area contributed by atoms with Gasteiger partial charge in [-0.2, -0.15) is 0 Å². The van der Waals surface area contributed by atoms with Crippen LogP contribution in [0.15, 0.2) is 0 Å². The highest BCUT2D eigenvalue weighted by atomic mass is 35.5. The second-order valence-corrected chi connectivity index (χ2v) is 6.09. The van der Waals surface area contributed by atoms with Gasteiger partial charge in [0.05, 0.1) is 0 Å². The van der Waals surface area contributed by atoms with Gasteiger partial charge in [-0.15, -0.1) is 12.4 Å². The molecule has 18 heavy (non-hydrogen) atoms. The van der Waals surface area contributed by atoms with Crippen molar-refractivity contribution in [3.05, 3.63) is 0 Å². The summed E-state index contributed by atoms with van der Waals surface area (Å²) in [6.45, 7) is 3.16. The van der Waals surface area contributed by atoms with Crippen LogP contribution < -0.4 is 5.32 Å². The summed E-state index contributed by atoms with van der Waals surface area (Å²) in [6, 6.07) is 0.700. The molecule has 2 aliphatic heterocycles. The fourth-order valence-corrected chi connectivity index (χ4v) is 3.86. The summed E-state index contributed by atoms with van der Waals surface area (Å²) >= 11 is 0. The molecule has 3 aliphatic rings. The Morgan fingerprint density at radius 1 is 1.17 bits per heavy atom. The summed E-state index contributed by atoms with van der Waals surface area (Å²) in [4.78, 5) is 14.4. The van der Waals surface area contributed by atoms with E-state index in [1.165, 1.54) is 38.5 Å². The molecule has 4 heteroatoms. The van der Waals surface area contributed by atoms with E-state index in [1.54, 1.807) is 0 Å². The first-order valence-electron chi connectivity index (χ1n) is 7.34. The number of rotatable bonds is 2. The topological polar surface area (TPSA) is 32.3 Å². The molecule has 3 fully saturated rings. The number of carbonyl (C=O) groups is 1. The lowest BCUT2D eigenvalue weighted by Crippen LogP contribution is -2.47. The van der Waals surface area contributed by atoms with Gasteiger partial charge < -0.3 is 10.2 Å². The molecule has 0 bridgehead atoms. The Balaban J connectivity index is 0.00000120. The summed E-state index contributed by atoms with van der Waals surface area (Å²) in [7, 11) is 0. The van der Waals surface area contributed by atoms with Crippen molar-refractivity contribution in [2.45, 2.75) is 51.0 Å². The Morgan fingerprint density at radius 2 is 1.94 bits per heavy atom. The number of amides is 1. The first-order valence-corrected chi connectivity index (χ1v) is 7.34. The molecule has 1 saturated carbocycles. The highest BCUT2D eigenvalue weighted by Crippen LogP contribution is 2.30. The standard InChI is InChI=1S/C14H24N2O.ClH/c17-14(9-11-3-1-2-4-11)16-8-6-13-12(10-16)5-7-15-13;/h11-13,15H,1-10H2;1H. The number of fused-ring (bicyclic) bond motifs is 1. The summed E-state index contributed by atoms with van der Waals surface area (Å²) in [5, 5.41) is 3.55. The number of halogens is 1. The van der Waals surface area contributed by atoms with Crippen LogP contribution in [0.2, 0.25) is 0 Å². The van der Waals surface area contributed by atoms with Crippen LogP contribution >= 0.6 is 12.4 Å². The van der Waals surface area contributed by atoms with E-state index < -0.39 is 0 Å². The molecule has 0 spiro atoms. The quantitative estimate of drug-likeness (QED) is 0.836. The van der Waals surface area contributed by atoms with Crippen LogP contribution in [0.25, 0.3) is 0 Å². The first-order chi connectivity index (χ1) is 8.33. The molecule has 2 unspecified atom stereocenters. The van der Waals surface area contributed by atoms with Gasteiger partial charge in [0.15, 0.2) is 0 Å². The number of hydrogen-bond donors (Lipinski definition) is 1. The summed E-state index contributed by atoms with van der Waals surface area (Å²) < 4.78 is 0. The normalized spacial score (nSPS) is 32.1. The fraction of sp³-hybridized carbons (Fsp3) is 0.929. The second kappa shape index (κ2) is 6.25. The van der Waals surface area contributed by atoms with Crippen molar-refractivity contribution < 1.29 is 4.79 Å². The second-order valence-electron chi connectivity index (χ2n) is 6.09. The average molecular weight is 273 g/mol. The Bertz CT molecular complexity index is 292. The lowest BCUT2D eigenvalue weighted by atomic mass is 9.92. The van der Waals surface area contributed by atoms with Crippen molar-refractivity contribution >= 4 is 18.3 Å². The number of likely N-dealkylation sites (tertiary alicyclic amines) is 1. The van der Waals surface area contributed by atoms with Crippen LogP contribution in [0.1, 0.15) is 44.9 Å². The van der Waals surface area contributed by atoms with E-state index in [4.69, 9.17) is 0 Å².